The van der Waals surface area contributed by atoms with Crippen molar-refractivity contribution in [3.05, 3.63) is 0 Å². The molecule has 0 aromatic heterocycles. The summed E-state index contributed by atoms with van der Waals surface area (Å²) in [7, 11) is 1.72. The molecule has 1 saturated carbocycles. The highest BCUT2D eigenvalue weighted by molar-refractivity contribution is 5.80. The molecule has 0 spiro atoms. The zero-order valence-corrected chi connectivity index (χ0v) is 13.4. The highest BCUT2D eigenvalue weighted by Gasteiger charge is 2.59. The molecule has 5 heteroatoms. The highest BCUT2D eigenvalue weighted by atomic mass is 16.5. The predicted molar refractivity (Wildman–Crippen MR) is 81.0 cm³/mol. The number of nitrogens with one attached hydrogen (secondary N) is 2. The van der Waals surface area contributed by atoms with E-state index in [0.717, 1.165) is 25.5 Å². The first-order chi connectivity index (χ1) is 9.50. The molecule has 0 radical (unpaired) electrons. The average molecular weight is 283 g/mol. The third-order valence-corrected chi connectivity index (χ3v) is 4.51. The summed E-state index contributed by atoms with van der Waals surface area (Å²) >= 11 is 0. The van der Waals surface area contributed by atoms with E-state index in [2.05, 4.69) is 43.3 Å². The van der Waals surface area contributed by atoms with E-state index in [1.54, 1.807) is 7.11 Å². The monoisotopic (exact) mass is 283 g/mol. The third kappa shape index (κ3) is 2.93. The SMILES string of the molecule is CCN=C(NC(C)COC)NC1C2CCOC2C1(C)C. The van der Waals surface area contributed by atoms with Gasteiger partial charge in [-0.3, -0.25) is 4.99 Å². The van der Waals surface area contributed by atoms with Gasteiger partial charge in [0.1, 0.15) is 0 Å². The van der Waals surface area contributed by atoms with Gasteiger partial charge in [0.2, 0.25) is 0 Å². The molecule has 0 amide bonds. The summed E-state index contributed by atoms with van der Waals surface area (Å²) in [6, 6.07) is 0.680. The Morgan fingerprint density at radius 1 is 1.50 bits per heavy atom. The van der Waals surface area contributed by atoms with Crippen LogP contribution in [-0.2, 0) is 9.47 Å². The molecule has 2 aliphatic rings. The van der Waals surface area contributed by atoms with Crippen LogP contribution in [0.15, 0.2) is 4.99 Å². The second kappa shape index (κ2) is 6.31. The smallest absolute Gasteiger partial charge is 0.191 e. The fourth-order valence-corrected chi connectivity index (χ4v) is 3.58. The number of ether oxygens (including phenoxy) is 2. The van der Waals surface area contributed by atoms with Gasteiger partial charge in [-0.1, -0.05) is 13.8 Å². The van der Waals surface area contributed by atoms with Crippen LogP contribution in [0, 0.1) is 11.3 Å². The molecule has 1 heterocycles. The molecular weight excluding hydrogens is 254 g/mol. The molecule has 0 aromatic rings. The van der Waals surface area contributed by atoms with E-state index in [0.29, 0.717) is 24.7 Å². The number of hydrogen-bond acceptors (Lipinski definition) is 3. The van der Waals surface area contributed by atoms with Crippen molar-refractivity contribution in [2.24, 2.45) is 16.3 Å². The van der Waals surface area contributed by atoms with Gasteiger partial charge in [0.15, 0.2) is 5.96 Å². The highest BCUT2D eigenvalue weighted by Crippen LogP contribution is 2.52. The Morgan fingerprint density at radius 2 is 2.25 bits per heavy atom. The lowest BCUT2D eigenvalue weighted by molar-refractivity contribution is -0.106. The molecule has 116 valence electrons. The second-order valence-electron chi connectivity index (χ2n) is 6.51. The Balaban J connectivity index is 1.96. The van der Waals surface area contributed by atoms with Crippen LogP contribution in [0.3, 0.4) is 0 Å². The van der Waals surface area contributed by atoms with Crippen LogP contribution in [0.4, 0.5) is 0 Å². The molecule has 2 rings (SSSR count). The number of aliphatic imine (C=N–C) groups is 1. The average Bonchev–Trinajstić information content (AvgIpc) is 2.83. The minimum absolute atomic E-state index is 0.169. The van der Waals surface area contributed by atoms with Gasteiger partial charge in [-0.15, -0.1) is 0 Å². The summed E-state index contributed by atoms with van der Waals surface area (Å²) in [6.07, 6.45) is 1.55. The number of guanidine groups is 1. The van der Waals surface area contributed by atoms with Gasteiger partial charge in [0.05, 0.1) is 12.7 Å². The molecule has 1 aliphatic carbocycles. The minimum Gasteiger partial charge on any atom is -0.383 e. The number of fused-ring (bicyclic) bond motifs is 1. The van der Waals surface area contributed by atoms with Gasteiger partial charge >= 0.3 is 0 Å². The van der Waals surface area contributed by atoms with Crippen LogP contribution in [0.2, 0.25) is 0 Å². The largest absolute Gasteiger partial charge is 0.383 e. The molecule has 0 bridgehead atoms. The fourth-order valence-electron chi connectivity index (χ4n) is 3.58. The fraction of sp³-hybridized carbons (Fsp3) is 0.933. The van der Waals surface area contributed by atoms with E-state index in [-0.39, 0.29) is 11.5 Å². The van der Waals surface area contributed by atoms with Crippen molar-refractivity contribution in [2.45, 2.75) is 52.3 Å². The number of hydrogen-bond donors (Lipinski definition) is 2. The molecule has 4 atom stereocenters. The van der Waals surface area contributed by atoms with Crippen molar-refractivity contribution in [3.8, 4) is 0 Å². The summed E-state index contributed by atoms with van der Waals surface area (Å²) in [6.45, 7) is 11.0. The first kappa shape index (κ1) is 15.6. The van der Waals surface area contributed by atoms with Gasteiger partial charge in [0, 0.05) is 43.7 Å². The van der Waals surface area contributed by atoms with Crippen molar-refractivity contribution < 1.29 is 9.47 Å². The zero-order chi connectivity index (χ0) is 14.8. The summed E-state index contributed by atoms with van der Waals surface area (Å²) < 4.78 is 11.0. The summed E-state index contributed by atoms with van der Waals surface area (Å²) in [5.41, 5.74) is 0.169. The topological polar surface area (TPSA) is 54.9 Å². The molecule has 20 heavy (non-hydrogen) atoms. The maximum Gasteiger partial charge on any atom is 0.191 e. The zero-order valence-electron chi connectivity index (χ0n) is 13.4. The Labute approximate surface area is 122 Å². The quantitative estimate of drug-likeness (QED) is 0.591. The minimum atomic E-state index is 0.169. The van der Waals surface area contributed by atoms with Crippen LogP contribution in [0.25, 0.3) is 0 Å². The maximum atomic E-state index is 5.84. The lowest BCUT2D eigenvalue weighted by Gasteiger charge is -2.55. The van der Waals surface area contributed by atoms with Crippen molar-refractivity contribution in [2.75, 3.05) is 26.9 Å². The molecule has 5 nitrogen and oxygen atoms in total. The van der Waals surface area contributed by atoms with Crippen molar-refractivity contribution >= 4 is 5.96 Å². The van der Waals surface area contributed by atoms with E-state index in [9.17, 15) is 0 Å². The summed E-state index contributed by atoms with van der Waals surface area (Å²) in [4.78, 5) is 4.55. The van der Waals surface area contributed by atoms with Crippen molar-refractivity contribution in [3.63, 3.8) is 0 Å². The molecule has 1 aliphatic heterocycles. The number of rotatable bonds is 5. The van der Waals surface area contributed by atoms with Gasteiger partial charge in [-0.05, 0) is 20.3 Å². The second-order valence-corrected chi connectivity index (χ2v) is 6.51. The van der Waals surface area contributed by atoms with Gasteiger partial charge < -0.3 is 20.1 Å². The maximum absolute atomic E-state index is 5.84. The molecular formula is C15H29N3O2. The summed E-state index contributed by atoms with van der Waals surface area (Å²) in [5.74, 6) is 1.51. The molecule has 2 N–H and O–H groups in total. The Bertz CT molecular complexity index is 357. The van der Waals surface area contributed by atoms with E-state index >= 15 is 0 Å². The van der Waals surface area contributed by atoms with Crippen molar-refractivity contribution in [1.82, 2.24) is 10.6 Å². The van der Waals surface area contributed by atoms with Gasteiger partial charge in [-0.2, -0.15) is 0 Å². The van der Waals surface area contributed by atoms with Crippen LogP contribution >= 0.6 is 0 Å². The first-order valence-electron chi connectivity index (χ1n) is 7.68. The van der Waals surface area contributed by atoms with Crippen LogP contribution in [0.5, 0.6) is 0 Å². The van der Waals surface area contributed by atoms with Crippen LogP contribution < -0.4 is 10.6 Å². The third-order valence-electron chi connectivity index (χ3n) is 4.51. The van der Waals surface area contributed by atoms with E-state index < -0.39 is 0 Å². The number of nitrogens with zero attached hydrogens (tertiary/aromatic N) is 1. The lowest BCUT2D eigenvalue weighted by Crippen LogP contribution is -2.68. The van der Waals surface area contributed by atoms with E-state index in [1.165, 1.54) is 0 Å². The Hall–Kier alpha value is -0.810. The normalized spacial score (nSPS) is 33.2. The first-order valence-corrected chi connectivity index (χ1v) is 7.68. The molecule has 4 unspecified atom stereocenters. The predicted octanol–water partition coefficient (Wildman–Crippen LogP) is 1.39. The van der Waals surface area contributed by atoms with Gasteiger partial charge in [0.25, 0.3) is 0 Å². The lowest BCUT2D eigenvalue weighted by atomic mass is 9.57. The van der Waals surface area contributed by atoms with Crippen LogP contribution in [-0.4, -0.2) is 51.0 Å². The van der Waals surface area contributed by atoms with Crippen LogP contribution in [0.1, 0.15) is 34.1 Å². The molecule has 1 saturated heterocycles. The number of methoxy groups -OCH3 is 1. The molecule has 2 fully saturated rings. The van der Waals surface area contributed by atoms with E-state index in [4.69, 9.17) is 9.47 Å². The van der Waals surface area contributed by atoms with Gasteiger partial charge in [-0.25, -0.2) is 0 Å². The Kier molecular flexibility index (Phi) is 4.91. The molecule has 0 aromatic carbocycles. The van der Waals surface area contributed by atoms with Crippen molar-refractivity contribution in [1.29, 1.82) is 0 Å². The summed E-state index contributed by atoms with van der Waals surface area (Å²) in [5, 5.41) is 7.02. The standard InChI is InChI=1S/C15H29N3O2/c1-6-16-14(17-10(2)9-19-5)18-12-11-7-8-20-13(11)15(12,3)4/h10-13H,6-9H2,1-5H3,(H2,16,17,18). The van der Waals surface area contributed by atoms with E-state index in [1.807, 2.05) is 0 Å². The Morgan fingerprint density at radius 3 is 2.90 bits per heavy atom.